The number of rotatable bonds is 6. The van der Waals surface area contributed by atoms with Crippen molar-refractivity contribution in [1.29, 1.82) is 0 Å². The second kappa shape index (κ2) is 6.88. The van der Waals surface area contributed by atoms with Gasteiger partial charge in [0.15, 0.2) is 0 Å². The second-order valence-corrected chi connectivity index (χ2v) is 4.86. The highest BCUT2D eigenvalue weighted by molar-refractivity contribution is 5.52. The topological polar surface area (TPSA) is 53.7 Å². The third kappa shape index (κ3) is 4.05. The Morgan fingerprint density at radius 1 is 0.857 bits per heavy atom. The number of ether oxygens (including phenoxy) is 3. The van der Waals surface area contributed by atoms with Crippen LogP contribution in [0.5, 0.6) is 17.2 Å². The molecule has 0 fully saturated rings. The minimum atomic E-state index is 0.482. The summed E-state index contributed by atoms with van der Waals surface area (Å²) in [5, 5.41) is 0. The van der Waals surface area contributed by atoms with Crippen molar-refractivity contribution in [2.45, 2.75) is 13.8 Å². The van der Waals surface area contributed by atoms with Crippen molar-refractivity contribution in [2.24, 2.45) is 0 Å². The van der Waals surface area contributed by atoms with Crippen LogP contribution in [0.4, 0.5) is 5.69 Å². The van der Waals surface area contributed by atoms with Gasteiger partial charge in [0.05, 0.1) is 7.11 Å². The summed E-state index contributed by atoms with van der Waals surface area (Å²) < 4.78 is 16.5. The van der Waals surface area contributed by atoms with Crippen LogP contribution in [0.2, 0.25) is 0 Å². The molecule has 0 amide bonds. The molecule has 0 saturated heterocycles. The standard InChI is InChI=1S/C17H21NO3/c1-12-10-14(18)11-13(2)17(12)21-9-8-20-16-6-4-15(19-3)5-7-16/h4-7,10-11H,8-9,18H2,1-3H3. The van der Waals surface area contributed by atoms with E-state index in [1.165, 1.54) is 0 Å². The average Bonchev–Trinajstić information content (AvgIpc) is 2.46. The first-order valence-electron chi connectivity index (χ1n) is 6.86. The van der Waals surface area contributed by atoms with Crippen LogP contribution in [0.15, 0.2) is 36.4 Å². The molecule has 0 aliphatic heterocycles. The molecule has 2 N–H and O–H groups in total. The number of anilines is 1. The summed E-state index contributed by atoms with van der Waals surface area (Å²) in [7, 11) is 1.64. The van der Waals surface area contributed by atoms with Gasteiger partial charge in [-0.3, -0.25) is 0 Å². The first-order valence-corrected chi connectivity index (χ1v) is 6.86. The number of benzene rings is 2. The first kappa shape index (κ1) is 15.0. The van der Waals surface area contributed by atoms with Gasteiger partial charge in [-0.25, -0.2) is 0 Å². The lowest BCUT2D eigenvalue weighted by atomic mass is 10.1. The Labute approximate surface area is 125 Å². The Balaban J connectivity index is 1.84. The zero-order valence-electron chi connectivity index (χ0n) is 12.7. The van der Waals surface area contributed by atoms with E-state index in [0.717, 1.165) is 34.1 Å². The summed E-state index contributed by atoms with van der Waals surface area (Å²) in [5.41, 5.74) is 8.63. The van der Waals surface area contributed by atoms with Gasteiger partial charge in [-0.05, 0) is 61.4 Å². The van der Waals surface area contributed by atoms with E-state index in [2.05, 4.69) is 0 Å². The number of aryl methyl sites for hydroxylation is 2. The monoisotopic (exact) mass is 287 g/mol. The van der Waals surface area contributed by atoms with E-state index in [9.17, 15) is 0 Å². The Bertz CT molecular complexity index is 570. The van der Waals surface area contributed by atoms with Gasteiger partial charge in [-0.2, -0.15) is 0 Å². The molecule has 0 radical (unpaired) electrons. The van der Waals surface area contributed by atoms with Crippen LogP contribution in [0, 0.1) is 13.8 Å². The van der Waals surface area contributed by atoms with Gasteiger partial charge in [-0.15, -0.1) is 0 Å². The lowest BCUT2D eigenvalue weighted by Crippen LogP contribution is -2.10. The van der Waals surface area contributed by atoms with E-state index >= 15 is 0 Å². The third-order valence-electron chi connectivity index (χ3n) is 3.14. The maximum atomic E-state index is 5.79. The lowest BCUT2D eigenvalue weighted by molar-refractivity contribution is 0.215. The van der Waals surface area contributed by atoms with Gasteiger partial charge >= 0.3 is 0 Å². The van der Waals surface area contributed by atoms with Gasteiger partial charge in [-0.1, -0.05) is 0 Å². The van der Waals surface area contributed by atoms with E-state index in [-0.39, 0.29) is 0 Å². The molecule has 0 bridgehead atoms. The normalized spacial score (nSPS) is 10.2. The van der Waals surface area contributed by atoms with Crippen molar-refractivity contribution in [1.82, 2.24) is 0 Å². The van der Waals surface area contributed by atoms with E-state index in [4.69, 9.17) is 19.9 Å². The summed E-state index contributed by atoms with van der Waals surface area (Å²) in [6.45, 7) is 4.94. The first-order chi connectivity index (χ1) is 10.1. The van der Waals surface area contributed by atoms with Crippen LogP contribution in [0.25, 0.3) is 0 Å². The Morgan fingerprint density at radius 3 is 1.95 bits per heavy atom. The Morgan fingerprint density at radius 2 is 1.38 bits per heavy atom. The minimum Gasteiger partial charge on any atom is -0.497 e. The highest BCUT2D eigenvalue weighted by atomic mass is 16.5. The predicted molar refractivity (Wildman–Crippen MR) is 84.3 cm³/mol. The van der Waals surface area contributed by atoms with Crippen molar-refractivity contribution >= 4 is 5.69 Å². The average molecular weight is 287 g/mol. The molecule has 2 rings (SSSR count). The molecule has 0 aliphatic carbocycles. The fourth-order valence-electron chi connectivity index (χ4n) is 2.19. The zero-order valence-corrected chi connectivity index (χ0v) is 12.7. The van der Waals surface area contributed by atoms with Crippen molar-refractivity contribution in [3.8, 4) is 17.2 Å². The molecular formula is C17H21NO3. The molecule has 0 aromatic heterocycles. The predicted octanol–water partition coefficient (Wildman–Crippen LogP) is 3.35. The molecule has 2 aromatic rings. The van der Waals surface area contributed by atoms with Crippen molar-refractivity contribution in [3.05, 3.63) is 47.5 Å². The second-order valence-electron chi connectivity index (χ2n) is 4.86. The molecule has 0 saturated carbocycles. The molecule has 2 aromatic carbocycles. The van der Waals surface area contributed by atoms with E-state index in [1.807, 2.05) is 50.2 Å². The Hall–Kier alpha value is -2.36. The fourth-order valence-corrected chi connectivity index (χ4v) is 2.19. The number of nitrogen functional groups attached to an aromatic ring is 1. The minimum absolute atomic E-state index is 0.482. The van der Waals surface area contributed by atoms with E-state index in [1.54, 1.807) is 7.11 Å². The zero-order chi connectivity index (χ0) is 15.2. The molecule has 0 spiro atoms. The van der Waals surface area contributed by atoms with Crippen LogP contribution in [-0.4, -0.2) is 20.3 Å². The number of methoxy groups -OCH3 is 1. The van der Waals surface area contributed by atoms with Gasteiger partial charge < -0.3 is 19.9 Å². The lowest BCUT2D eigenvalue weighted by Gasteiger charge is -2.13. The number of hydrogen-bond acceptors (Lipinski definition) is 4. The van der Waals surface area contributed by atoms with Crippen LogP contribution < -0.4 is 19.9 Å². The third-order valence-corrected chi connectivity index (χ3v) is 3.14. The van der Waals surface area contributed by atoms with Gasteiger partial charge in [0, 0.05) is 5.69 Å². The summed E-state index contributed by atoms with van der Waals surface area (Å²) in [6.07, 6.45) is 0. The molecule has 4 heteroatoms. The largest absolute Gasteiger partial charge is 0.497 e. The summed E-state index contributed by atoms with van der Waals surface area (Å²) >= 11 is 0. The Kier molecular flexibility index (Phi) is 4.93. The quantitative estimate of drug-likeness (QED) is 0.654. The highest BCUT2D eigenvalue weighted by Crippen LogP contribution is 2.25. The van der Waals surface area contributed by atoms with Gasteiger partial charge in [0.2, 0.25) is 0 Å². The molecule has 4 nitrogen and oxygen atoms in total. The molecule has 21 heavy (non-hydrogen) atoms. The highest BCUT2D eigenvalue weighted by Gasteiger charge is 2.05. The van der Waals surface area contributed by atoms with Crippen molar-refractivity contribution < 1.29 is 14.2 Å². The van der Waals surface area contributed by atoms with Crippen LogP contribution in [0.1, 0.15) is 11.1 Å². The number of hydrogen-bond donors (Lipinski definition) is 1. The number of nitrogens with two attached hydrogens (primary N) is 1. The van der Waals surface area contributed by atoms with E-state index < -0.39 is 0 Å². The SMILES string of the molecule is COc1ccc(OCCOc2c(C)cc(N)cc2C)cc1. The van der Waals surface area contributed by atoms with Crippen LogP contribution in [-0.2, 0) is 0 Å². The molecular weight excluding hydrogens is 266 g/mol. The maximum Gasteiger partial charge on any atom is 0.125 e. The van der Waals surface area contributed by atoms with Crippen molar-refractivity contribution in [3.63, 3.8) is 0 Å². The molecule has 0 heterocycles. The van der Waals surface area contributed by atoms with Crippen LogP contribution in [0.3, 0.4) is 0 Å². The molecule has 0 unspecified atom stereocenters. The summed E-state index contributed by atoms with van der Waals surface area (Å²) in [6, 6.07) is 11.3. The van der Waals surface area contributed by atoms with Crippen molar-refractivity contribution in [2.75, 3.05) is 26.1 Å². The summed E-state index contributed by atoms with van der Waals surface area (Å²) in [4.78, 5) is 0. The van der Waals surface area contributed by atoms with E-state index in [0.29, 0.717) is 13.2 Å². The molecule has 0 atom stereocenters. The maximum absolute atomic E-state index is 5.79. The van der Waals surface area contributed by atoms with Crippen LogP contribution >= 0.6 is 0 Å². The summed E-state index contributed by atoms with van der Waals surface area (Å²) in [5.74, 6) is 2.49. The molecule has 0 aliphatic rings. The smallest absolute Gasteiger partial charge is 0.125 e. The fraction of sp³-hybridized carbons (Fsp3) is 0.294. The van der Waals surface area contributed by atoms with Gasteiger partial charge in [0.1, 0.15) is 30.5 Å². The molecule has 112 valence electrons. The van der Waals surface area contributed by atoms with Gasteiger partial charge in [0.25, 0.3) is 0 Å².